The van der Waals surface area contributed by atoms with Crippen LogP contribution in [0.4, 0.5) is 5.00 Å². The smallest absolute Gasteiger partial charge is 0.341 e. The minimum absolute atomic E-state index is 0.169. The maximum atomic E-state index is 12.8. The van der Waals surface area contributed by atoms with Crippen molar-refractivity contribution in [1.29, 1.82) is 0 Å². The van der Waals surface area contributed by atoms with Crippen molar-refractivity contribution in [2.75, 3.05) is 39.7 Å². The van der Waals surface area contributed by atoms with Crippen molar-refractivity contribution in [1.82, 2.24) is 9.88 Å². The molecule has 0 unspecified atom stereocenters. The van der Waals surface area contributed by atoms with Gasteiger partial charge < -0.3 is 19.5 Å². The SMILES string of the molecule is CCOC(=O)c1c(-c2ccc(OC)c(OC)c2)csc1NC(=O)CN(C)Cc1cnc(C)s1. The van der Waals surface area contributed by atoms with Crippen LogP contribution < -0.4 is 14.8 Å². The summed E-state index contributed by atoms with van der Waals surface area (Å²) in [7, 11) is 4.98. The molecule has 3 aromatic rings. The van der Waals surface area contributed by atoms with Gasteiger partial charge in [-0.25, -0.2) is 9.78 Å². The summed E-state index contributed by atoms with van der Waals surface area (Å²) in [6.07, 6.45) is 1.82. The lowest BCUT2D eigenvalue weighted by atomic mass is 10.0. The van der Waals surface area contributed by atoms with Gasteiger partial charge in [-0.05, 0) is 38.6 Å². The number of esters is 1. The molecule has 8 nitrogen and oxygen atoms in total. The van der Waals surface area contributed by atoms with Gasteiger partial charge in [0.15, 0.2) is 11.5 Å². The van der Waals surface area contributed by atoms with Gasteiger partial charge in [-0.1, -0.05) is 6.07 Å². The molecule has 0 aliphatic heterocycles. The quantitative estimate of drug-likeness (QED) is 0.421. The summed E-state index contributed by atoms with van der Waals surface area (Å²) in [5, 5.41) is 6.15. The number of thiazole rings is 1. The van der Waals surface area contributed by atoms with Crippen LogP contribution >= 0.6 is 22.7 Å². The van der Waals surface area contributed by atoms with Gasteiger partial charge >= 0.3 is 5.97 Å². The van der Waals surface area contributed by atoms with E-state index in [2.05, 4.69) is 10.3 Å². The third-order valence-electron chi connectivity index (χ3n) is 4.73. The Morgan fingerprint density at radius 3 is 2.58 bits per heavy atom. The second kappa shape index (κ2) is 11.3. The monoisotopic (exact) mass is 489 g/mol. The summed E-state index contributed by atoms with van der Waals surface area (Å²) in [6, 6.07) is 5.40. The molecule has 1 aromatic carbocycles. The normalized spacial score (nSPS) is 10.8. The molecule has 33 heavy (non-hydrogen) atoms. The predicted octanol–water partition coefficient (Wildman–Crippen LogP) is 4.44. The maximum Gasteiger partial charge on any atom is 0.341 e. The van der Waals surface area contributed by atoms with Gasteiger partial charge in [-0.2, -0.15) is 0 Å². The highest BCUT2D eigenvalue weighted by molar-refractivity contribution is 7.15. The first-order valence-corrected chi connectivity index (χ1v) is 12.0. The van der Waals surface area contributed by atoms with Gasteiger partial charge in [0.1, 0.15) is 10.6 Å². The molecule has 0 fully saturated rings. The number of amides is 1. The highest BCUT2D eigenvalue weighted by Gasteiger charge is 2.24. The number of likely N-dealkylation sites (N-methyl/N-ethyl adjacent to an activating group) is 1. The minimum atomic E-state index is -0.493. The zero-order valence-electron chi connectivity index (χ0n) is 19.3. The van der Waals surface area contributed by atoms with Crippen molar-refractivity contribution in [3.05, 3.63) is 45.2 Å². The van der Waals surface area contributed by atoms with E-state index in [4.69, 9.17) is 14.2 Å². The molecule has 2 heterocycles. The molecular formula is C23H27N3O5S2. The van der Waals surface area contributed by atoms with Crippen molar-refractivity contribution in [3.63, 3.8) is 0 Å². The van der Waals surface area contributed by atoms with Crippen LogP contribution in [-0.2, 0) is 16.1 Å². The molecule has 0 saturated carbocycles. The summed E-state index contributed by atoms with van der Waals surface area (Å²) < 4.78 is 16.0. The fraction of sp³-hybridized carbons (Fsp3) is 0.348. The van der Waals surface area contributed by atoms with Crippen molar-refractivity contribution in [2.24, 2.45) is 0 Å². The number of aryl methyl sites for hydroxylation is 1. The minimum Gasteiger partial charge on any atom is -0.493 e. The molecule has 0 bridgehead atoms. The summed E-state index contributed by atoms with van der Waals surface area (Å²) in [4.78, 5) is 32.8. The maximum absolute atomic E-state index is 12.8. The molecule has 1 N–H and O–H groups in total. The van der Waals surface area contributed by atoms with E-state index in [0.29, 0.717) is 34.2 Å². The van der Waals surface area contributed by atoms with E-state index in [0.717, 1.165) is 15.4 Å². The molecule has 0 aliphatic rings. The lowest BCUT2D eigenvalue weighted by molar-refractivity contribution is -0.117. The molecule has 0 spiro atoms. The van der Waals surface area contributed by atoms with E-state index < -0.39 is 5.97 Å². The first-order valence-electron chi connectivity index (χ1n) is 10.3. The van der Waals surface area contributed by atoms with Gasteiger partial charge in [0.25, 0.3) is 0 Å². The fourth-order valence-electron chi connectivity index (χ4n) is 3.28. The molecular weight excluding hydrogens is 462 g/mol. The molecule has 0 atom stereocenters. The molecule has 0 radical (unpaired) electrons. The zero-order valence-corrected chi connectivity index (χ0v) is 20.9. The lowest BCUT2D eigenvalue weighted by Gasteiger charge is -2.15. The number of carbonyl (C=O) groups excluding carboxylic acids is 2. The number of aromatic nitrogens is 1. The number of rotatable bonds is 10. The van der Waals surface area contributed by atoms with Crippen LogP contribution in [0.3, 0.4) is 0 Å². The average molecular weight is 490 g/mol. The number of benzene rings is 1. The number of carbonyl (C=O) groups is 2. The van der Waals surface area contributed by atoms with E-state index in [1.54, 1.807) is 44.6 Å². The summed E-state index contributed by atoms with van der Waals surface area (Å²) in [5.74, 6) is 0.417. The molecule has 1 amide bonds. The standard InChI is InChI=1S/C23H27N3O5S2/c1-6-31-23(28)21-17(15-7-8-18(29-4)19(9-15)30-5)13-32-22(21)25-20(27)12-26(3)11-16-10-24-14(2)33-16/h7-10,13H,6,11-12H2,1-5H3,(H,25,27). The van der Waals surface area contributed by atoms with Crippen LogP contribution in [-0.4, -0.2) is 56.2 Å². The van der Waals surface area contributed by atoms with Gasteiger partial charge in [0.05, 0.1) is 32.4 Å². The number of thiophene rings is 1. The van der Waals surface area contributed by atoms with Gasteiger partial charge in [-0.15, -0.1) is 22.7 Å². The fourth-order valence-corrected chi connectivity index (χ4v) is 5.13. The molecule has 3 rings (SSSR count). The predicted molar refractivity (Wildman–Crippen MR) is 131 cm³/mol. The van der Waals surface area contributed by atoms with Gasteiger partial charge in [0.2, 0.25) is 5.91 Å². The van der Waals surface area contributed by atoms with Crippen LogP contribution in [0.5, 0.6) is 11.5 Å². The summed E-state index contributed by atoms with van der Waals surface area (Å²) in [6.45, 7) is 4.71. The Morgan fingerprint density at radius 1 is 1.18 bits per heavy atom. The van der Waals surface area contributed by atoms with Gasteiger partial charge in [-0.3, -0.25) is 9.69 Å². The number of nitrogens with zero attached hydrogens (tertiary/aromatic N) is 2. The number of methoxy groups -OCH3 is 2. The zero-order chi connectivity index (χ0) is 24.0. The summed E-state index contributed by atoms with van der Waals surface area (Å²) in [5.41, 5.74) is 1.73. The number of nitrogens with one attached hydrogen (secondary N) is 1. The number of ether oxygens (including phenoxy) is 3. The van der Waals surface area contributed by atoms with E-state index in [-0.39, 0.29) is 19.1 Å². The Hall–Kier alpha value is -2.95. The number of hydrogen-bond acceptors (Lipinski definition) is 9. The second-order valence-electron chi connectivity index (χ2n) is 7.21. The molecule has 176 valence electrons. The van der Waals surface area contributed by atoms with Crippen LogP contribution in [0.25, 0.3) is 11.1 Å². The highest BCUT2D eigenvalue weighted by atomic mass is 32.1. The number of anilines is 1. The molecule has 2 aromatic heterocycles. The van der Waals surface area contributed by atoms with Crippen molar-refractivity contribution in [3.8, 4) is 22.6 Å². The molecule has 10 heteroatoms. The van der Waals surface area contributed by atoms with Crippen molar-refractivity contribution in [2.45, 2.75) is 20.4 Å². The first kappa shape index (κ1) is 24.7. The Kier molecular flexibility index (Phi) is 8.43. The topological polar surface area (TPSA) is 90.0 Å². The molecule has 0 aliphatic carbocycles. The van der Waals surface area contributed by atoms with E-state index in [9.17, 15) is 9.59 Å². The first-order chi connectivity index (χ1) is 15.9. The lowest BCUT2D eigenvalue weighted by Crippen LogP contribution is -2.29. The van der Waals surface area contributed by atoms with E-state index >= 15 is 0 Å². The van der Waals surface area contributed by atoms with Gasteiger partial charge in [0, 0.05) is 28.6 Å². The largest absolute Gasteiger partial charge is 0.493 e. The van der Waals surface area contributed by atoms with Crippen LogP contribution in [0.1, 0.15) is 27.2 Å². The number of hydrogen-bond donors (Lipinski definition) is 1. The second-order valence-corrected chi connectivity index (χ2v) is 9.41. The molecule has 0 saturated heterocycles. The van der Waals surface area contributed by atoms with Crippen LogP contribution in [0.2, 0.25) is 0 Å². The van der Waals surface area contributed by atoms with E-state index in [1.807, 2.05) is 36.5 Å². The average Bonchev–Trinajstić information content (AvgIpc) is 3.38. The van der Waals surface area contributed by atoms with Crippen molar-refractivity contribution < 1.29 is 23.8 Å². The third kappa shape index (κ3) is 6.10. The Morgan fingerprint density at radius 2 is 1.94 bits per heavy atom. The Balaban J connectivity index is 1.82. The Bertz CT molecular complexity index is 1130. The van der Waals surface area contributed by atoms with Crippen molar-refractivity contribution >= 4 is 39.6 Å². The Labute approximate surface area is 201 Å². The van der Waals surface area contributed by atoms with Crippen LogP contribution in [0.15, 0.2) is 29.8 Å². The van der Waals surface area contributed by atoms with Crippen LogP contribution in [0, 0.1) is 6.92 Å². The third-order valence-corrected chi connectivity index (χ3v) is 6.52. The summed E-state index contributed by atoms with van der Waals surface area (Å²) >= 11 is 2.88. The highest BCUT2D eigenvalue weighted by Crippen LogP contribution is 2.39. The van der Waals surface area contributed by atoms with E-state index in [1.165, 1.54) is 11.3 Å².